The first-order valence-electron chi connectivity index (χ1n) is 13.9. The van der Waals surface area contributed by atoms with Crippen molar-refractivity contribution in [2.24, 2.45) is 11.1 Å². The average Bonchev–Trinajstić information content (AvgIpc) is 3.42. The number of hydrogen-bond donors (Lipinski definition) is 0. The summed E-state index contributed by atoms with van der Waals surface area (Å²) in [5, 5.41) is 4.14. The van der Waals surface area contributed by atoms with E-state index in [9.17, 15) is 14.0 Å². The molecule has 0 spiro atoms. The molecule has 0 unspecified atom stereocenters. The molecule has 1 atom stereocenters. The summed E-state index contributed by atoms with van der Waals surface area (Å²) in [5.41, 5.74) is 2.11. The van der Waals surface area contributed by atoms with Crippen LogP contribution in [0.15, 0.2) is 53.7 Å². The van der Waals surface area contributed by atoms with Gasteiger partial charge >= 0.3 is 0 Å². The SMILES string of the molecule is CC(C)Oc1ccccc1N1CCN(C[C@H]2CC(C(=O)N3CCC(C(=O)c4ccc(F)cc4)CC3)=NO2)CC1. The molecular weight excluding hydrogens is 499 g/mol. The van der Waals surface area contributed by atoms with Crippen molar-refractivity contribution in [3.63, 3.8) is 0 Å². The van der Waals surface area contributed by atoms with Gasteiger partial charge in [0.15, 0.2) is 5.78 Å². The topological polar surface area (TPSA) is 74.7 Å². The monoisotopic (exact) mass is 536 g/mol. The van der Waals surface area contributed by atoms with Gasteiger partial charge < -0.3 is 19.4 Å². The fourth-order valence-electron chi connectivity index (χ4n) is 5.56. The number of anilines is 1. The molecule has 2 aromatic rings. The average molecular weight is 537 g/mol. The van der Waals surface area contributed by atoms with Crippen LogP contribution in [0.2, 0.25) is 0 Å². The van der Waals surface area contributed by atoms with Crippen LogP contribution in [0.25, 0.3) is 0 Å². The third kappa shape index (κ3) is 6.58. The van der Waals surface area contributed by atoms with E-state index in [1.54, 1.807) is 4.90 Å². The largest absolute Gasteiger partial charge is 0.489 e. The minimum Gasteiger partial charge on any atom is -0.489 e. The number of para-hydroxylation sites is 2. The Morgan fingerprint density at radius 2 is 1.69 bits per heavy atom. The second-order valence-electron chi connectivity index (χ2n) is 10.8. The summed E-state index contributed by atoms with van der Waals surface area (Å²) in [6.07, 6.45) is 1.67. The number of piperidine rings is 1. The molecule has 39 heavy (non-hydrogen) atoms. The summed E-state index contributed by atoms with van der Waals surface area (Å²) in [4.78, 5) is 38.0. The maximum atomic E-state index is 13.2. The number of ether oxygens (including phenoxy) is 1. The molecule has 0 aliphatic carbocycles. The maximum Gasteiger partial charge on any atom is 0.271 e. The molecule has 208 valence electrons. The lowest BCUT2D eigenvalue weighted by molar-refractivity contribution is -0.125. The van der Waals surface area contributed by atoms with E-state index < -0.39 is 0 Å². The Morgan fingerprint density at radius 3 is 2.38 bits per heavy atom. The van der Waals surface area contributed by atoms with Crippen molar-refractivity contribution in [1.29, 1.82) is 0 Å². The number of likely N-dealkylation sites (tertiary alicyclic amines) is 1. The van der Waals surface area contributed by atoms with Crippen molar-refractivity contribution in [2.75, 3.05) is 50.7 Å². The number of hydrogen-bond acceptors (Lipinski definition) is 7. The van der Waals surface area contributed by atoms with E-state index >= 15 is 0 Å². The molecule has 0 aromatic heterocycles. The van der Waals surface area contributed by atoms with Crippen LogP contribution in [-0.2, 0) is 9.63 Å². The van der Waals surface area contributed by atoms with Gasteiger partial charge in [0.25, 0.3) is 5.91 Å². The highest BCUT2D eigenvalue weighted by molar-refractivity contribution is 6.39. The van der Waals surface area contributed by atoms with Gasteiger partial charge in [-0.25, -0.2) is 4.39 Å². The van der Waals surface area contributed by atoms with Crippen molar-refractivity contribution < 1.29 is 23.6 Å². The molecule has 9 heteroatoms. The Bertz CT molecular complexity index is 1190. The first-order chi connectivity index (χ1) is 18.9. The lowest BCUT2D eigenvalue weighted by Gasteiger charge is -2.37. The number of ketones is 1. The lowest BCUT2D eigenvalue weighted by Crippen LogP contribution is -2.49. The third-order valence-electron chi connectivity index (χ3n) is 7.66. The third-order valence-corrected chi connectivity index (χ3v) is 7.66. The molecule has 8 nitrogen and oxygen atoms in total. The van der Waals surface area contributed by atoms with E-state index in [1.165, 1.54) is 24.3 Å². The number of Topliss-reactive ketones (excluding diaryl/α,β-unsaturated/α-hetero) is 1. The Balaban J connectivity index is 1.06. The van der Waals surface area contributed by atoms with E-state index in [1.807, 2.05) is 32.0 Å². The molecule has 2 fully saturated rings. The summed E-state index contributed by atoms with van der Waals surface area (Å²) in [6, 6.07) is 13.9. The summed E-state index contributed by atoms with van der Waals surface area (Å²) in [7, 11) is 0. The summed E-state index contributed by atoms with van der Waals surface area (Å²) < 4.78 is 19.2. The minimum atomic E-state index is -0.356. The number of benzene rings is 2. The number of oxime groups is 1. The molecular formula is C30H37FN4O4. The highest BCUT2D eigenvalue weighted by Crippen LogP contribution is 2.30. The molecule has 0 bridgehead atoms. The molecule has 0 N–H and O–H groups in total. The standard InChI is InChI=1S/C30H37FN4O4/c1-21(2)38-28-6-4-3-5-27(28)34-17-15-33(16-18-34)20-25-19-26(32-39-25)30(37)35-13-11-23(12-14-35)29(36)22-7-9-24(31)10-8-22/h3-10,21,23,25H,11-20H2,1-2H3/t25-/m1/s1. The zero-order chi connectivity index (χ0) is 27.4. The second kappa shape index (κ2) is 12.2. The first-order valence-corrected chi connectivity index (χ1v) is 13.9. The van der Waals surface area contributed by atoms with Crippen LogP contribution in [0.3, 0.4) is 0 Å². The number of piperazine rings is 1. The molecule has 3 heterocycles. The minimum absolute atomic E-state index is 0.0136. The Morgan fingerprint density at radius 1 is 1.00 bits per heavy atom. The van der Waals surface area contributed by atoms with E-state index in [2.05, 4.69) is 21.0 Å². The smallest absolute Gasteiger partial charge is 0.271 e. The van der Waals surface area contributed by atoms with Gasteiger partial charge in [-0.1, -0.05) is 17.3 Å². The zero-order valence-electron chi connectivity index (χ0n) is 22.7. The number of amides is 1. The molecule has 3 aliphatic rings. The second-order valence-corrected chi connectivity index (χ2v) is 10.8. The highest BCUT2D eigenvalue weighted by atomic mass is 19.1. The molecule has 3 aliphatic heterocycles. The van der Waals surface area contributed by atoms with Crippen LogP contribution in [0.4, 0.5) is 10.1 Å². The van der Waals surface area contributed by atoms with Crippen LogP contribution < -0.4 is 9.64 Å². The van der Waals surface area contributed by atoms with E-state index in [4.69, 9.17) is 9.57 Å². The van der Waals surface area contributed by atoms with Crippen molar-refractivity contribution in [1.82, 2.24) is 9.80 Å². The van der Waals surface area contributed by atoms with Gasteiger partial charge in [0, 0.05) is 63.7 Å². The van der Waals surface area contributed by atoms with Crippen LogP contribution in [0, 0.1) is 11.7 Å². The van der Waals surface area contributed by atoms with Gasteiger partial charge in [0.05, 0.1) is 11.8 Å². The van der Waals surface area contributed by atoms with Gasteiger partial charge in [-0.05, 0) is 63.1 Å². The van der Waals surface area contributed by atoms with Gasteiger partial charge in [-0.2, -0.15) is 0 Å². The van der Waals surface area contributed by atoms with E-state index in [-0.39, 0.29) is 35.6 Å². The fourth-order valence-corrected chi connectivity index (χ4v) is 5.56. The highest BCUT2D eigenvalue weighted by Gasteiger charge is 2.34. The van der Waals surface area contributed by atoms with Crippen molar-refractivity contribution >= 4 is 23.1 Å². The van der Waals surface area contributed by atoms with E-state index in [0.717, 1.165) is 44.2 Å². The van der Waals surface area contributed by atoms with Crippen molar-refractivity contribution in [2.45, 2.75) is 45.3 Å². The Hall–Kier alpha value is -3.46. The molecule has 2 saturated heterocycles. The fraction of sp³-hybridized carbons (Fsp3) is 0.500. The number of nitrogens with zero attached hydrogens (tertiary/aromatic N) is 4. The van der Waals surface area contributed by atoms with Crippen molar-refractivity contribution in [3.8, 4) is 5.75 Å². The maximum absolute atomic E-state index is 13.2. The zero-order valence-corrected chi connectivity index (χ0v) is 22.7. The first kappa shape index (κ1) is 27.1. The molecule has 0 radical (unpaired) electrons. The normalized spacial score (nSPS) is 20.6. The quantitative estimate of drug-likeness (QED) is 0.475. The predicted octanol–water partition coefficient (Wildman–Crippen LogP) is 4.00. The Kier molecular flexibility index (Phi) is 8.45. The van der Waals surface area contributed by atoms with Crippen LogP contribution in [0.5, 0.6) is 5.75 Å². The molecule has 2 aromatic carbocycles. The van der Waals surface area contributed by atoms with Gasteiger partial charge in [-0.15, -0.1) is 0 Å². The summed E-state index contributed by atoms with van der Waals surface area (Å²) in [6.45, 7) is 9.39. The number of carbonyl (C=O) groups excluding carboxylic acids is 2. The molecule has 1 amide bonds. The number of halogens is 1. The van der Waals surface area contributed by atoms with Gasteiger partial charge in [0.1, 0.15) is 23.4 Å². The number of carbonyl (C=O) groups is 2. The van der Waals surface area contributed by atoms with Crippen molar-refractivity contribution in [3.05, 3.63) is 59.9 Å². The predicted molar refractivity (Wildman–Crippen MR) is 148 cm³/mol. The molecule has 0 saturated carbocycles. The van der Waals surface area contributed by atoms with Gasteiger partial charge in [-0.3, -0.25) is 14.5 Å². The van der Waals surface area contributed by atoms with E-state index in [0.29, 0.717) is 43.6 Å². The summed E-state index contributed by atoms with van der Waals surface area (Å²) >= 11 is 0. The van der Waals surface area contributed by atoms with Crippen LogP contribution >= 0.6 is 0 Å². The van der Waals surface area contributed by atoms with Crippen LogP contribution in [-0.4, -0.2) is 85.2 Å². The number of rotatable bonds is 8. The summed E-state index contributed by atoms with van der Waals surface area (Å²) in [5.74, 6) is 0.318. The van der Waals surface area contributed by atoms with Gasteiger partial charge in [0.2, 0.25) is 0 Å². The lowest BCUT2D eigenvalue weighted by atomic mass is 9.88. The van der Waals surface area contributed by atoms with Crippen LogP contribution in [0.1, 0.15) is 43.5 Å². The molecule has 5 rings (SSSR count). The Labute approximate surface area is 229 Å².